The molecular weight excluding hydrogens is 300 g/mol. The number of rotatable bonds is 5. The largest absolute Gasteiger partial charge is 0.508 e. The van der Waals surface area contributed by atoms with E-state index in [-0.39, 0.29) is 5.75 Å². The Morgan fingerprint density at radius 1 is 1.21 bits per heavy atom. The Morgan fingerprint density at radius 3 is 2.83 bits per heavy atom. The normalized spacial score (nSPS) is 17.7. The Balaban J connectivity index is 1.77. The number of nitrogens with one attached hydrogen (secondary N) is 1. The highest BCUT2D eigenvalue weighted by Gasteiger charge is 2.13. The number of hydrogen-bond donors (Lipinski definition) is 2. The third-order valence-corrected chi connectivity index (χ3v) is 4.55. The van der Waals surface area contributed by atoms with Gasteiger partial charge in [0.2, 0.25) is 0 Å². The number of phenols is 1. The summed E-state index contributed by atoms with van der Waals surface area (Å²) in [6.45, 7) is 1.13. The highest BCUT2D eigenvalue weighted by molar-refractivity contribution is 5.63. The fourth-order valence-corrected chi connectivity index (χ4v) is 3.19. The number of aromatic hydroxyl groups is 1. The van der Waals surface area contributed by atoms with Crippen molar-refractivity contribution in [3.8, 4) is 17.0 Å². The zero-order chi connectivity index (χ0) is 16.9. The van der Waals surface area contributed by atoms with Crippen molar-refractivity contribution >= 4 is 5.82 Å². The minimum absolute atomic E-state index is 0.288. The van der Waals surface area contributed by atoms with Crippen LogP contribution in [0.1, 0.15) is 31.2 Å². The van der Waals surface area contributed by atoms with Crippen molar-refractivity contribution in [1.29, 1.82) is 0 Å². The van der Waals surface area contributed by atoms with E-state index in [1.54, 1.807) is 18.5 Å². The molecule has 1 aromatic heterocycles. The third-order valence-electron chi connectivity index (χ3n) is 4.55. The molecule has 5 nitrogen and oxygen atoms in total. The fourth-order valence-electron chi connectivity index (χ4n) is 3.19. The summed E-state index contributed by atoms with van der Waals surface area (Å²) in [4.78, 5) is 10.8. The molecule has 0 saturated carbocycles. The zero-order valence-electron chi connectivity index (χ0n) is 14.5. The summed E-state index contributed by atoms with van der Waals surface area (Å²) in [5.41, 5.74) is 2.85. The first-order valence-electron chi connectivity index (χ1n) is 8.68. The van der Waals surface area contributed by atoms with Crippen LogP contribution in [0.15, 0.2) is 30.6 Å². The number of hydrogen-bond acceptors (Lipinski definition) is 5. The Morgan fingerprint density at radius 2 is 2.08 bits per heavy atom. The predicted molar refractivity (Wildman–Crippen MR) is 97.4 cm³/mol. The van der Waals surface area contributed by atoms with E-state index in [1.807, 2.05) is 25.1 Å². The van der Waals surface area contributed by atoms with Crippen LogP contribution in [0.25, 0.3) is 11.3 Å². The van der Waals surface area contributed by atoms with Crippen molar-refractivity contribution in [2.75, 3.05) is 25.5 Å². The molecule has 24 heavy (non-hydrogen) atoms. The van der Waals surface area contributed by atoms with Gasteiger partial charge >= 0.3 is 0 Å². The summed E-state index contributed by atoms with van der Waals surface area (Å²) in [7, 11) is 3.89. The standard InChI is InChI=1S/C19H26N4O/c1-23(2)19-13-20-12-18(22-19)15-9-14(10-17(24)11-15)6-7-16-5-3-4-8-21-16/h9-13,16,21,24H,3-8H2,1-2H3. The van der Waals surface area contributed by atoms with Gasteiger partial charge in [-0.1, -0.05) is 6.42 Å². The molecule has 1 unspecified atom stereocenters. The second-order valence-electron chi connectivity index (χ2n) is 6.73. The molecule has 1 aliphatic rings. The van der Waals surface area contributed by atoms with Crippen LogP contribution < -0.4 is 10.2 Å². The Labute approximate surface area is 143 Å². The van der Waals surface area contributed by atoms with Gasteiger partial charge in [-0.25, -0.2) is 4.98 Å². The van der Waals surface area contributed by atoms with Crippen LogP contribution in [0, 0.1) is 0 Å². The van der Waals surface area contributed by atoms with Gasteiger partial charge in [0.05, 0.1) is 18.1 Å². The molecule has 2 N–H and O–H groups in total. The molecule has 1 aliphatic heterocycles. The zero-order valence-corrected chi connectivity index (χ0v) is 14.5. The maximum absolute atomic E-state index is 10.1. The Hall–Kier alpha value is -2.14. The monoisotopic (exact) mass is 326 g/mol. The van der Waals surface area contributed by atoms with E-state index in [2.05, 4.69) is 21.4 Å². The lowest BCUT2D eigenvalue weighted by atomic mass is 9.97. The van der Waals surface area contributed by atoms with Gasteiger partial charge in [-0.2, -0.15) is 0 Å². The van der Waals surface area contributed by atoms with E-state index in [0.717, 1.165) is 42.0 Å². The number of phenolic OH excluding ortho intramolecular Hbond substituents is 1. The first kappa shape index (κ1) is 16.7. The number of anilines is 1. The number of piperidine rings is 1. The number of aromatic nitrogens is 2. The van der Waals surface area contributed by atoms with E-state index in [0.29, 0.717) is 6.04 Å². The average Bonchev–Trinajstić information content (AvgIpc) is 2.60. The van der Waals surface area contributed by atoms with Crippen LogP contribution in [0.3, 0.4) is 0 Å². The first-order chi connectivity index (χ1) is 11.6. The Kier molecular flexibility index (Phi) is 5.30. The molecule has 128 valence electrons. The predicted octanol–water partition coefficient (Wildman–Crippen LogP) is 2.99. The van der Waals surface area contributed by atoms with Crippen LogP contribution in [0.4, 0.5) is 5.82 Å². The van der Waals surface area contributed by atoms with Gasteiger partial charge in [0.15, 0.2) is 0 Å². The van der Waals surface area contributed by atoms with Gasteiger partial charge in [0.25, 0.3) is 0 Å². The van der Waals surface area contributed by atoms with E-state index in [1.165, 1.54) is 19.3 Å². The van der Waals surface area contributed by atoms with Crippen LogP contribution in [0.5, 0.6) is 5.75 Å². The van der Waals surface area contributed by atoms with Gasteiger partial charge in [-0.3, -0.25) is 4.98 Å². The highest BCUT2D eigenvalue weighted by atomic mass is 16.3. The molecule has 0 spiro atoms. The van der Waals surface area contributed by atoms with Crippen LogP contribution in [0.2, 0.25) is 0 Å². The smallest absolute Gasteiger partial charge is 0.147 e. The Bertz CT molecular complexity index is 681. The van der Waals surface area contributed by atoms with Crippen molar-refractivity contribution in [2.45, 2.75) is 38.1 Å². The number of aryl methyl sites for hydroxylation is 1. The van der Waals surface area contributed by atoms with Crippen molar-refractivity contribution in [2.24, 2.45) is 0 Å². The minimum atomic E-state index is 0.288. The molecular formula is C19H26N4O. The summed E-state index contributed by atoms with van der Waals surface area (Å²) in [5.74, 6) is 1.10. The van der Waals surface area contributed by atoms with Crippen LogP contribution in [-0.4, -0.2) is 41.8 Å². The number of benzene rings is 1. The van der Waals surface area contributed by atoms with Crippen LogP contribution in [-0.2, 0) is 6.42 Å². The van der Waals surface area contributed by atoms with Crippen molar-refractivity contribution in [1.82, 2.24) is 15.3 Å². The molecule has 1 atom stereocenters. The lowest BCUT2D eigenvalue weighted by molar-refractivity contribution is 0.382. The molecule has 2 aromatic rings. The van der Waals surface area contributed by atoms with Gasteiger partial charge in [-0.15, -0.1) is 0 Å². The van der Waals surface area contributed by atoms with Gasteiger partial charge in [0.1, 0.15) is 11.6 Å². The lowest BCUT2D eigenvalue weighted by Crippen LogP contribution is -2.34. The fraction of sp³-hybridized carbons (Fsp3) is 0.474. The summed E-state index contributed by atoms with van der Waals surface area (Å²) in [6.07, 6.45) is 9.40. The van der Waals surface area contributed by atoms with E-state index < -0.39 is 0 Å². The molecule has 0 amide bonds. The second-order valence-corrected chi connectivity index (χ2v) is 6.73. The molecule has 1 fully saturated rings. The summed E-state index contributed by atoms with van der Waals surface area (Å²) in [5, 5.41) is 13.7. The van der Waals surface area contributed by atoms with E-state index in [4.69, 9.17) is 0 Å². The lowest BCUT2D eigenvalue weighted by Gasteiger charge is -2.23. The number of nitrogens with zero attached hydrogens (tertiary/aromatic N) is 3. The van der Waals surface area contributed by atoms with Crippen molar-refractivity contribution < 1.29 is 5.11 Å². The third kappa shape index (κ3) is 4.23. The average molecular weight is 326 g/mol. The quantitative estimate of drug-likeness (QED) is 0.884. The molecule has 0 bridgehead atoms. The van der Waals surface area contributed by atoms with Gasteiger partial charge in [-0.05, 0) is 56.0 Å². The second kappa shape index (κ2) is 7.62. The minimum Gasteiger partial charge on any atom is -0.508 e. The van der Waals surface area contributed by atoms with Crippen molar-refractivity contribution in [3.05, 3.63) is 36.2 Å². The van der Waals surface area contributed by atoms with Crippen molar-refractivity contribution in [3.63, 3.8) is 0 Å². The SMILES string of the molecule is CN(C)c1cncc(-c2cc(O)cc(CCC3CCCCN3)c2)n1. The molecule has 0 aliphatic carbocycles. The summed E-state index contributed by atoms with van der Waals surface area (Å²) >= 11 is 0. The summed E-state index contributed by atoms with van der Waals surface area (Å²) < 4.78 is 0. The van der Waals surface area contributed by atoms with E-state index >= 15 is 0 Å². The maximum Gasteiger partial charge on any atom is 0.147 e. The highest BCUT2D eigenvalue weighted by Crippen LogP contribution is 2.26. The van der Waals surface area contributed by atoms with Gasteiger partial charge in [0, 0.05) is 25.7 Å². The maximum atomic E-state index is 10.1. The first-order valence-corrected chi connectivity index (χ1v) is 8.68. The topological polar surface area (TPSA) is 61.3 Å². The molecule has 2 heterocycles. The molecule has 5 heteroatoms. The molecule has 1 saturated heterocycles. The molecule has 0 radical (unpaired) electrons. The van der Waals surface area contributed by atoms with Gasteiger partial charge < -0.3 is 15.3 Å². The molecule has 3 rings (SSSR count). The molecule has 1 aromatic carbocycles. The van der Waals surface area contributed by atoms with E-state index in [9.17, 15) is 5.11 Å². The van der Waals surface area contributed by atoms with Crippen LogP contribution >= 0.6 is 0 Å². The summed E-state index contributed by atoms with van der Waals surface area (Å²) in [6, 6.07) is 6.33.